The molecule has 0 saturated heterocycles. The van der Waals surface area contributed by atoms with Gasteiger partial charge in [-0.3, -0.25) is 9.36 Å². The molecule has 4 aromatic rings. The highest BCUT2D eigenvalue weighted by Gasteiger charge is 2.12. The van der Waals surface area contributed by atoms with E-state index in [9.17, 15) is 9.18 Å². The van der Waals surface area contributed by atoms with E-state index in [0.717, 1.165) is 5.69 Å². The number of aromatic nitrogens is 4. The van der Waals surface area contributed by atoms with Gasteiger partial charge in [-0.15, -0.1) is 0 Å². The Bertz CT molecular complexity index is 1120. The van der Waals surface area contributed by atoms with Gasteiger partial charge in [0.1, 0.15) is 17.5 Å². The van der Waals surface area contributed by atoms with E-state index >= 15 is 0 Å². The van der Waals surface area contributed by atoms with Crippen molar-refractivity contribution in [2.75, 3.05) is 0 Å². The number of benzene rings is 2. The maximum Gasteiger partial charge on any atom is 0.264 e. The van der Waals surface area contributed by atoms with Crippen molar-refractivity contribution in [3.63, 3.8) is 0 Å². The van der Waals surface area contributed by atoms with Crippen molar-refractivity contribution in [3.8, 4) is 5.69 Å². The summed E-state index contributed by atoms with van der Waals surface area (Å²) in [6.45, 7) is 0.112. The molecule has 0 aliphatic carbocycles. The van der Waals surface area contributed by atoms with Crippen molar-refractivity contribution in [1.82, 2.24) is 19.3 Å². The molecule has 0 spiro atoms. The molecule has 0 bridgehead atoms. The van der Waals surface area contributed by atoms with Gasteiger partial charge >= 0.3 is 0 Å². The molecule has 0 aliphatic heterocycles. The Kier molecular flexibility index (Phi) is 3.82. The molecule has 0 radical (unpaired) electrons. The Morgan fingerprint density at radius 3 is 2.60 bits per heavy atom. The number of fused-ring (bicyclic) bond motifs is 1. The highest BCUT2D eigenvalue weighted by Crippen LogP contribution is 2.17. The molecule has 0 atom stereocenters. The average molecular weight is 355 g/mol. The molecule has 4 rings (SSSR count). The first-order valence-corrected chi connectivity index (χ1v) is 7.94. The number of hydrogen-bond donors (Lipinski definition) is 0. The summed E-state index contributed by atoms with van der Waals surface area (Å²) in [6.07, 6.45) is 2.88. The van der Waals surface area contributed by atoms with Gasteiger partial charge in [0, 0.05) is 10.6 Å². The maximum absolute atomic E-state index is 13.8. The largest absolute Gasteiger partial charge is 0.294 e. The molecular weight excluding hydrogens is 343 g/mol. The standard InChI is InChI=1S/C18H12ClFN4O/c19-13-5-7-14(8-6-13)24-17-15(9-22-24)18(25)23(11-21-17)10-12-3-1-2-4-16(12)20/h1-9,11H,10H2. The third kappa shape index (κ3) is 2.81. The number of nitrogens with zero attached hydrogens (tertiary/aromatic N) is 4. The van der Waals surface area contributed by atoms with Crippen LogP contribution < -0.4 is 5.56 Å². The van der Waals surface area contributed by atoms with Crippen LogP contribution in [0.5, 0.6) is 0 Å². The van der Waals surface area contributed by atoms with E-state index < -0.39 is 0 Å². The molecule has 0 aliphatic rings. The predicted molar refractivity (Wildman–Crippen MR) is 93.6 cm³/mol. The first-order valence-electron chi connectivity index (χ1n) is 7.56. The SMILES string of the molecule is O=c1c2cnn(-c3ccc(Cl)cc3)c2ncn1Cc1ccccc1F. The Labute approximate surface area is 146 Å². The molecule has 124 valence electrons. The monoisotopic (exact) mass is 354 g/mol. The Morgan fingerprint density at radius 1 is 1.08 bits per heavy atom. The van der Waals surface area contributed by atoms with Crippen LogP contribution in [0.25, 0.3) is 16.7 Å². The molecule has 0 saturated carbocycles. The molecule has 0 N–H and O–H groups in total. The lowest BCUT2D eigenvalue weighted by Gasteiger charge is -2.07. The Balaban J connectivity index is 1.78. The molecule has 2 aromatic heterocycles. The lowest BCUT2D eigenvalue weighted by molar-refractivity contribution is 0.595. The smallest absolute Gasteiger partial charge is 0.264 e. The normalized spacial score (nSPS) is 11.1. The number of hydrogen-bond acceptors (Lipinski definition) is 3. The van der Waals surface area contributed by atoms with Crippen LogP contribution in [0.4, 0.5) is 4.39 Å². The van der Waals surface area contributed by atoms with E-state index in [1.807, 2.05) is 0 Å². The van der Waals surface area contributed by atoms with Crippen LogP contribution in [-0.4, -0.2) is 19.3 Å². The van der Waals surface area contributed by atoms with Crippen LogP contribution in [0.2, 0.25) is 5.02 Å². The van der Waals surface area contributed by atoms with Crippen molar-refractivity contribution >= 4 is 22.6 Å². The molecule has 2 aromatic carbocycles. The molecule has 25 heavy (non-hydrogen) atoms. The van der Waals surface area contributed by atoms with Gasteiger partial charge in [-0.1, -0.05) is 29.8 Å². The molecule has 7 heteroatoms. The molecule has 0 unspecified atom stereocenters. The van der Waals surface area contributed by atoms with Gasteiger partial charge in [-0.05, 0) is 30.3 Å². The van der Waals surface area contributed by atoms with Crippen molar-refractivity contribution in [2.45, 2.75) is 6.54 Å². The fourth-order valence-electron chi connectivity index (χ4n) is 2.64. The summed E-state index contributed by atoms with van der Waals surface area (Å²) in [5.41, 5.74) is 1.35. The van der Waals surface area contributed by atoms with Gasteiger partial charge in [0.25, 0.3) is 5.56 Å². The first kappa shape index (κ1) is 15.5. The van der Waals surface area contributed by atoms with E-state index in [0.29, 0.717) is 21.6 Å². The quantitative estimate of drug-likeness (QED) is 0.566. The van der Waals surface area contributed by atoms with Crippen molar-refractivity contribution < 1.29 is 4.39 Å². The summed E-state index contributed by atoms with van der Waals surface area (Å²) in [4.78, 5) is 17.0. The summed E-state index contributed by atoms with van der Waals surface area (Å²) in [7, 11) is 0. The zero-order valence-corrected chi connectivity index (χ0v) is 13.7. The zero-order valence-electron chi connectivity index (χ0n) is 12.9. The van der Waals surface area contributed by atoms with Gasteiger partial charge in [-0.25, -0.2) is 14.1 Å². The highest BCUT2D eigenvalue weighted by molar-refractivity contribution is 6.30. The lowest BCUT2D eigenvalue weighted by atomic mass is 10.2. The van der Waals surface area contributed by atoms with Crippen LogP contribution >= 0.6 is 11.6 Å². The van der Waals surface area contributed by atoms with E-state index in [1.54, 1.807) is 47.1 Å². The van der Waals surface area contributed by atoms with E-state index in [2.05, 4.69) is 10.1 Å². The molecular formula is C18H12ClFN4O. The third-order valence-electron chi connectivity index (χ3n) is 3.92. The summed E-state index contributed by atoms with van der Waals surface area (Å²) in [6, 6.07) is 13.4. The van der Waals surface area contributed by atoms with Crippen LogP contribution in [0, 0.1) is 5.82 Å². The molecule has 5 nitrogen and oxygen atoms in total. The van der Waals surface area contributed by atoms with E-state index in [-0.39, 0.29) is 17.9 Å². The molecule has 0 amide bonds. The second-order valence-electron chi connectivity index (χ2n) is 5.54. The Morgan fingerprint density at radius 2 is 1.84 bits per heavy atom. The van der Waals surface area contributed by atoms with Gasteiger partial charge in [0.2, 0.25) is 0 Å². The maximum atomic E-state index is 13.8. The van der Waals surface area contributed by atoms with E-state index in [1.165, 1.54) is 23.2 Å². The minimum atomic E-state index is -0.355. The van der Waals surface area contributed by atoms with Crippen molar-refractivity contribution in [1.29, 1.82) is 0 Å². The third-order valence-corrected chi connectivity index (χ3v) is 4.18. The minimum Gasteiger partial charge on any atom is -0.294 e. The second-order valence-corrected chi connectivity index (χ2v) is 5.98. The minimum absolute atomic E-state index is 0.112. The van der Waals surface area contributed by atoms with Crippen molar-refractivity contribution in [3.05, 3.63) is 87.8 Å². The van der Waals surface area contributed by atoms with Crippen molar-refractivity contribution in [2.24, 2.45) is 0 Å². The highest BCUT2D eigenvalue weighted by atomic mass is 35.5. The summed E-state index contributed by atoms with van der Waals surface area (Å²) >= 11 is 5.90. The first-order chi connectivity index (χ1) is 12.1. The van der Waals surface area contributed by atoms with Crippen LogP contribution in [0.3, 0.4) is 0 Å². The van der Waals surface area contributed by atoms with Crippen LogP contribution in [-0.2, 0) is 6.54 Å². The van der Waals surface area contributed by atoms with Gasteiger partial charge in [0.05, 0.1) is 18.4 Å². The lowest BCUT2D eigenvalue weighted by Crippen LogP contribution is -2.21. The molecule has 0 fully saturated rings. The summed E-state index contributed by atoms with van der Waals surface area (Å²) < 4.78 is 16.8. The average Bonchev–Trinajstić information content (AvgIpc) is 3.05. The predicted octanol–water partition coefficient (Wildman–Crippen LogP) is 3.42. The number of halogens is 2. The number of rotatable bonds is 3. The van der Waals surface area contributed by atoms with Crippen LogP contribution in [0.1, 0.15) is 5.56 Å². The molecule has 2 heterocycles. The second kappa shape index (κ2) is 6.14. The summed E-state index contributed by atoms with van der Waals surface area (Å²) in [5.74, 6) is -0.355. The zero-order chi connectivity index (χ0) is 17.4. The fourth-order valence-corrected chi connectivity index (χ4v) is 2.77. The van der Waals surface area contributed by atoms with E-state index in [4.69, 9.17) is 11.6 Å². The van der Waals surface area contributed by atoms with Gasteiger partial charge < -0.3 is 0 Å². The Hall–Kier alpha value is -2.99. The summed E-state index contributed by atoms with van der Waals surface area (Å²) in [5, 5.41) is 5.23. The fraction of sp³-hybridized carbons (Fsp3) is 0.0556. The van der Waals surface area contributed by atoms with Gasteiger partial charge in [-0.2, -0.15) is 5.10 Å². The topological polar surface area (TPSA) is 52.7 Å². The van der Waals surface area contributed by atoms with Gasteiger partial charge in [0.15, 0.2) is 5.65 Å². The van der Waals surface area contributed by atoms with Crippen LogP contribution in [0.15, 0.2) is 65.8 Å².